The van der Waals surface area contributed by atoms with Crippen molar-refractivity contribution in [2.45, 2.75) is 51.8 Å². The topological polar surface area (TPSA) is 66.8 Å². The average molecular weight is 432 g/mol. The van der Waals surface area contributed by atoms with Gasteiger partial charge in [0.25, 0.3) is 0 Å². The van der Waals surface area contributed by atoms with E-state index < -0.39 is 15.9 Å². The highest BCUT2D eigenvalue weighted by Crippen LogP contribution is 2.22. The van der Waals surface area contributed by atoms with E-state index in [1.165, 1.54) is 5.56 Å². The first kappa shape index (κ1) is 22.8. The summed E-state index contributed by atoms with van der Waals surface area (Å²) in [6.07, 6.45) is -0.0968. The Labute approximate surface area is 180 Å². The summed E-state index contributed by atoms with van der Waals surface area (Å²) in [6.45, 7) is 7.45. The monoisotopic (exact) mass is 431 g/mol. The Morgan fingerprint density at radius 3 is 2.43 bits per heavy atom. The Morgan fingerprint density at radius 1 is 1.13 bits per heavy atom. The number of nitrogens with zero attached hydrogens (tertiary/aromatic N) is 1. The van der Waals surface area contributed by atoms with Crippen molar-refractivity contribution < 1.29 is 18.3 Å². The second-order valence-electron chi connectivity index (χ2n) is 8.61. The van der Waals surface area contributed by atoms with Crippen molar-refractivity contribution >= 4 is 9.84 Å². The maximum Gasteiger partial charge on any atom is 0.151 e. The van der Waals surface area contributed by atoms with Gasteiger partial charge in [0.2, 0.25) is 0 Å². The van der Waals surface area contributed by atoms with E-state index in [-0.39, 0.29) is 24.2 Å². The minimum absolute atomic E-state index is 0.0760. The largest absolute Gasteiger partial charge is 0.491 e. The molecule has 0 radical (unpaired) electrons. The van der Waals surface area contributed by atoms with Gasteiger partial charge in [-0.05, 0) is 42.0 Å². The van der Waals surface area contributed by atoms with E-state index in [0.29, 0.717) is 25.4 Å². The molecule has 1 heterocycles. The molecule has 2 unspecified atom stereocenters. The Bertz CT molecular complexity index is 924. The molecular weight excluding hydrogens is 398 g/mol. The molecule has 164 valence electrons. The zero-order valence-electron chi connectivity index (χ0n) is 18.1. The van der Waals surface area contributed by atoms with Gasteiger partial charge in [0.05, 0.1) is 11.5 Å². The number of para-hydroxylation sites is 1. The zero-order valence-corrected chi connectivity index (χ0v) is 18.9. The highest BCUT2D eigenvalue weighted by molar-refractivity contribution is 7.91. The SMILES string of the molecule is Cc1ccccc1OCC(O)CN(Cc1ccc(C(C)C)cc1)C1CCS(=O)(=O)C1. The van der Waals surface area contributed by atoms with Crippen LogP contribution in [0.4, 0.5) is 0 Å². The summed E-state index contributed by atoms with van der Waals surface area (Å²) in [5.74, 6) is 1.60. The molecule has 0 saturated carbocycles. The number of aryl methyl sites for hydroxylation is 1. The highest BCUT2D eigenvalue weighted by Gasteiger charge is 2.33. The summed E-state index contributed by atoms with van der Waals surface area (Å²) in [4.78, 5) is 2.10. The Balaban J connectivity index is 1.67. The van der Waals surface area contributed by atoms with Gasteiger partial charge in [0.15, 0.2) is 9.84 Å². The Hall–Kier alpha value is -1.89. The molecule has 1 saturated heterocycles. The first-order valence-electron chi connectivity index (χ1n) is 10.6. The average Bonchev–Trinajstić information content (AvgIpc) is 3.07. The number of rotatable bonds is 9. The number of hydrogen-bond donors (Lipinski definition) is 1. The lowest BCUT2D eigenvalue weighted by Crippen LogP contribution is -2.42. The Kier molecular flexibility index (Phi) is 7.55. The molecule has 6 heteroatoms. The van der Waals surface area contributed by atoms with E-state index in [0.717, 1.165) is 16.9 Å². The van der Waals surface area contributed by atoms with Crippen LogP contribution in [0, 0.1) is 6.92 Å². The van der Waals surface area contributed by atoms with E-state index in [4.69, 9.17) is 4.74 Å². The number of aliphatic hydroxyl groups excluding tert-OH is 1. The van der Waals surface area contributed by atoms with Crippen molar-refractivity contribution in [3.05, 3.63) is 65.2 Å². The van der Waals surface area contributed by atoms with Crippen LogP contribution in [0.2, 0.25) is 0 Å². The molecule has 1 aliphatic heterocycles. The quantitative estimate of drug-likeness (QED) is 0.658. The molecule has 2 aromatic carbocycles. The summed E-state index contributed by atoms with van der Waals surface area (Å²) in [5.41, 5.74) is 3.42. The molecule has 30 heavy (non-hydrogen) atoms. The van der Waals surface area contributed by atoms with Gasteiger partial charge < -0.3 is 9.84 Å². The van der Waals surface area contributed by atoms with E-state index in [9.17, 15) is 13.5 Å². The predicted molar refractivity (Wildman–Crippen MR) is 121 cm³/mol. The molecule has 1 fully saturated rings. The molecule has 1 N–H and O–H groups in total. The van der Waals surface area contributed by atoms with Gasteiger partial charge in [-0.3, -0.25) is 4.90 Å². The molecule has 0 aliphatic carbocycles. The standard InChI is InChI=1S/C24H33NO4S/c1-18(2)21-10-8-20(9-11-21)14-25(22-12-13-30(27,28)17-22)15-23(26)16-29-24-7-5-4-6-19(24)3/h4-11,18,22-23,26H,12-17H2,1-3H3. The third-order valence-corrected chi connectivity index (χ3v) is 7.48. The van der Waals surface area contributed by atoms with Crippen LogP contribution < -0.4 is 4.74 Å². The van der Waals surface area contributed by atoms with Crippen molar-refractivity contribution in [3.63, 3.8) is 0 Å². The van der Waals surface area contributed by atoms with E-state index in [1.54, 1.807) is 0 Å². The maximum atomic E-state index is 12.0. The molecular formula is C24H33NO4S. The van der Waals surface area contributed by atoms with Gasteiger partial charge in [-0.15, -0.1) is 0 Å². The van der Waals surface area contributed by atoms with Crippen molar-refractivity contribution in [3.8, 4) is 5.75 Å². The summed E-state index contributed by atoms with van der Waals surface area (Å²) in [5, 5.41) is 10.6. The minimum Gasteiger partial charge on any atom is -0.491 e. The van der Waals surface area contributed by atoms with Crippen LogP contribution >= 0.6 is 0 Å². The fourth-order valence-electron chi connectivity index (χ4n) is 3.88. The van der Waals surface area contributed by atoms with E-state index in [1.807, 2.05) is 31.2 Å². The fourth-order valence-corrected chi connectivity index (χ4v) is 5.64. The van der Waals surface area contributed by atoms with Gasteiger partial charge in [0.1, 0.15) is 18.5 Å². The van der Waals surface area contributed by atoms with Crippen LogP contribution in [0.3, 0.4) is 0 Å². The van der Waals surface area contributed by atoms with Crippen molar-refractivity contribution in [2.24, 2.45) is 0 Å². The number of sulfone groups is 1. The van der Waals surface area contributed by atoms with Crippen molar-refractivity contribution in [1.82, 2.24) is 4.90 Å². The lowest BCUT2D eigenvalue weighted by atomic mass is 10.0. The van der Waals surface area contributed by atoms with Gasteiger partial charge in [0, 0.05) is 19.1 Å². The Morgan fingerprint density at radius 2 is 1.83 bits per heavy atom. The molecule has 1 aliphatic rings. The predicted octanol–water partition coefficient (Wildman–Crippen LogP) is 3.55. The first-order chi connectivity index (χ1) is 14.2. The summed E-state index contributed by atoms with van der Waals surface area (Å²) in [6, 6.07) is 16.1. The fraction of sp³-hybridized carbons (Fsp3) is 0.500. The number of benzene rings is 2. The second-order valence-corrected chi connectivity index (χ2v) is 10.8. The summed E-state index contributed by atoms with van der Waals surface area (Å²) < 4.78 is 29.9. The molecule has 2 atom stereocenters. The van der Waals surface area contributed by atoms with Gasteiger partial charge in [-0.25, -0.2) is 8.42 Å². The molecule has 0 bridgehead atoms. The summed E-state index contributed by atoms with van der Waals surface area (Å²) >= 11 is 0. The normalized spacial score (nSPS) is 19.3. The zero-order chi connectivity index (χ0) is 21.7. The van der Waals surface area contributed by atoms with E-state index in [2.05, 4.69) is 43.0 Å². The van der Waals surface area contributed by atoms with Crippen LogP contribution in [0.5, 0.6) is 5.75 Å². The minimum atomic E-state index is -3.00. The van der Waals surface area contributed by atoms with Crippen LogP contribution in [-0.2, 0) is 16.4 Å². The lowest BCUT2D eigenvalue weighted by molar-refractivity contribution is 0.0523. The lowest BCUT2D eigenvalue weighted by Gasteiger charge is -2.30. The van der Waals surface area contributed by atoms with Crippen LogP contribution in [-0.4, -0.2) is 55.2 Å². The summed E-state index contributed by atoms with van der Waals surface area (Å²) in [7, 11) is -3.00. The van der Waals surface area contributed by atoms with Crippen molar-refractivity contribution in [1.29, 1.82) is 0 Å². The molecule has 0 amide bonds. The third-order valence-electron chi connectivity index (χ3n) is 5.73. The van der Waals surface area contributed by atoms with Gasteiger partial charge in [-0.2, -0.15) is 0 Å². The number of hydrogen-bond acceptors (Lipinski definition) is 5. The van der Waals surface area contributed by atoms with Crippen molar-refractivity contribution in [2.75, 3.05) is 24.7 Å². The van der Waals surface area contributed by atoms with Crippen LogP contribution in [0.15, 0.2) is 48.5 Å². The smallest absolute Gasteiger partial charge is 0.151 e. The number of ether oxygens (including phenoxy) is 1. The highest BCUT2D eigenvalue weighted by atomic mass is 32.2. The molecule has 0 aromatic heterocycles. The maximum absolute atomic E-state index is 12.0. The molecule has 5 nitrogen and oxygen atoms in total. The number of aliphatic hydroxyl groups is 1. The van der Waals surface area contributed by atoms with Gasteiger partial charge >= 0.3 is 0 Å². The van der Waals surface area contributed by atoms with E-state index >= 15 is 0 Å². The van der Waals surface area contributed by atoms with Gasteiger partial charge in [-0.1, -0.05) is 56.3 Å². The molecule has 0 spiro atoms. The third kappa shape index (κ3) is 6.30. The van der Waals surface area contributed by atoms with Crippen LogP contribution in [0.25, 0.3) is 0 Å². The second kappa shape index (κ2) is 9.94. The van der Waals surface area contributed by atoms with Crippen LogP contribution in [0.1, 0.15) is 42.9 Å². The molecule has 3 rings (SSSR count). The first-order valence-corrected chi connectivity index (χ1v) is 12.5. The molecule has 2 aromatic rings.